The number of hydrogen-bond acceptors (Lipinski definition) is 7. The summed E-state index contributed by atoms with van der Waals surface area (Å²) in [6.45, 7) is 2.32. The van der Waals surface area contributed by atoms with Crippen molar-refractivity contribution in [2.45, 2.75) is 6.92 Å². The van der Waals surface area contributed by atoms with Crippen molar-refractivity contribution in [3.8, 4) is 11.5 Å². The minimum Gasteiger partial charge on any atom is -0.503 e. The second-order valence-electron chi connectivity index (χ2n) is 5.39. The van der Waals surface area contributed by atoms with Crippen LogP contribution in [0.25, 0.3) is 6.08 Å². The van der Waals surface area contributed by atoms with Crippen LogP contribution in [0.1, 0.15) is 12.5 Å². The van der Waals surface area contributed by atoms with Crippen LogP contribution in [0.3, 0.4) is 0 Å². The number of rotatable bonds is 8. The number of phenols is 1. The molecule has 1 aliphatic heterocycles. The molecular formula is C17H19ClN2O6S. The zero-order valence-corrected chi connectivity index (χ0v) is 16.4. The maximum Gasteiger partial charge on any atom is 0.294 e. The van der Waals surface area contributed by atoms with Crippen LogP contribution in [-0.2, 0) is 14.3 Å². The summed E-state index contributed by atoms with van der Waals surface area (Å²) in [6, 6.07) is 2.96. The Kier molecular flexibility index (Phi) is 7.52. The smallest absolute Gasteiger partial charge is 0.294 e. The van der Waals surface area contributed by atoms with Gasteiger partial charge in [0, 0.05) is 13.7 Å². The second kappa shape index (κ2) is 9.63. The predicted octanol–water partition coefficient (Wildman–Crippen LogP) is 2.24. The Morgan fingerprint density at radius 1 is 1.41 bits per heavy atom. The molecule has 0 spiro atoms. The topological polar surface area (TPSA) is 105 Å². The van der Waals surface area contributed by atoms with E-state index in [2.05, 4.69) is 5.32 Å². The van der Waals surface area contributed by atoms with E-state index >= 15 is 0 Å². The van der Waals surface area contributed by atoms with Crippen molar-refractivity contribution >= 4 is 46.5 Å². The van der Waals surface area contributed by atoms with Crippen LogP contribution in [0.2, 0.25) is 5.02 Å². The van der Waals surface area contributed by atoms with Gasteiger partial charge in [-0.25, -0.2) is 0 Å². The van der Waals surface area contributed by atoms with Gasteiger partial charge in [0.2, 0.25) is 5.91 Å². The highest BCUT2D eigenvalue weighted by Gasteiger charge is 2.36. The zero-order chi connectivity index (χ0) is 20.0. The summed E-state index contributed by atoms with van der Waals surface area (Å²) in [4.78, 5) is 37.4. The lowest BCUT2D eigenvalue weighted by molar-refractivity contribution is -0.129. The largest absolute Gasteiger partial charge is 0.503 e. The van der Waals surface area contributed by atoms with Gasteiger partial charge >= 0.3 is 0 Å². The number of carbonyl (C=O) groups is 3. The fourth-order valence-electron chi connectivity index (χ4n) is 2.22. The van der Waals surface area contributed by atoms with E-state index in [1.807, 2.05) is 0 Å². The molecule has 1 saturated heterocycles. The first-order valence-electron chi connectivity index (χ1n) is 8.03. The SMILES string of the molecule is CCOc1cc(/C=C2\SC(=O)N(CC(=O)NCCOC)C2=O)cc(Cl)c1O. The zero-order valence-electron chi connectivity index (χ0n) is 14.8. The van der Waals surface area contributed by atoms with E-state index in [0.29, 0.717) is 18.8 Å². The lowest BCUT2D eigenvalue weighted by atomic mass is 10.2. The number of ether oxygens (including phenoxy) is 2. The molecule has 1 aromatic carbocycles. The fraction of sp³-hybridized carbons (Fsp3) is 0.353. The number of nitrogens with zero attached hydrogens (tertiary/aromatic N) is 1. The molecule has 1 fully saturated rings. The molecule has 0 saturated carbocycles. The average Bonchev–Trinajstić information content (AvgIpc) is 2.87. The van der Waals surface area contributed by atoms with Gasteiger partial charge in [-0.05, 0) is 42.5 Å². The average molecular weight is 415 g/mol. The number of halogens is 1. The van der Waals surface area contributed by atoms with Gasteiger partial charge in [-0.3, -0.25) is 19.3 Å². The lowest BCUT2D eigenvalue weighted by Gasteiger charge is -2.12. The van der Waals surface area contributed by atoms with Gasteiger partial charge in [-0.2, -0.15) is 0 Å². The van der Waals surface area contributed by atoms with E-state index in [4.69, 9.17) is 21.1 Å². The molecule has 146 valence electrons. The minimum atomic E-state index is -0.575. The van der Waals surface area contributed by atoms with E-state index in [-0.39, 0.29) is 34.5 Å². The molecule has 0 radical (unpaired) electrons. The number of amides is 3. The van der Waals surface area contributed by atoms with Crippen molar-refractivity contribution in [3.05, 3.63) is 27.6 Å². The molecule has 1 aromatic rings. The maximum atomic E-state index is 12.4. The molecule has 2 N–H and O–H groups in total. The molecule has 1 heterocycles. The van der Waals surface area contributed by atoms with Crippen LogP contribution in [0.5, 0.6) is 11.5 Å². The maximum absolute atomic E-state index is 12.4. The Balaban J connectivity index is 2.15. The van der Waals surface area contributed by atoms with Gasteiger partial charge in [0.1, 0.15) is 6.54 Å². The molecule has 0 atom stereocenters. The van der Waals surface area contributed by atoms with Crippen molar-refractivity contribution < 1.29 is 29.0 Å². The standard InChI is InChI=1S/C17H19ClN2O6S/c1-3-26-12-7-10(6-11(18)15(12)22)8-13-16(23)20(17(24)27-13)9-14(21)19-4-5-25-2/h6-8,22H,3-5,9H2,1-2H3,(H,19,21)/b13-8-. The first-order valence-corrected chi connectivity index (χ1v) is 9.23. The van der Waals surface area contributed by atoms with Gasteiger partial charge in [-0.15, -0.1) is 0 Å². The predicted molar refractivity (Wildman–Crippen MR) is 102 cm³/mol. The number of nitrogens with one attached hydrogen (secondary N) is 1. The third-order valence-corrected chi connectivity index (χ3v) is 4.65. The van der Waals surface area contributed by atoms with Crippen molar-refractivity contribution in [2.75, 3.05) is 33.4 Å². The number of imide groups is 1. The van der Waals surface area contributed by atoms with Crippen molar-refractivity contribution in [1.29, 1.82) is 0 Å². The first kappa shape index (κ1) is 21.1. The third-order valence-electron chi connectivity index (χ3n) is 3.45. The van der Waals surface area contributed by atoms with Crippen LogP contribution >= 0.6 is 23.4 Å². The van der Waals surface area contributed by atoms with Gasteiger partial charge in [-0.1, -0.05) is 11.6 Å². The molecular weight excluding hydrogens is 396 g/mol. The highest BCUT2D eigenvalue weighted by molar-refractivity contribution is 8.18. The summed E-state index contributed by atoms with van der Waals surface area (Å²) in [5, 5.41) is 11.9. The minimum absolute atomic E-state index is 0.0592. The van der Waals surface area contributed by atoms with E-state index < -0.39 is 17.1 Å². The van der Waals surface area contributed by atoms with Crippen LogP contribution in [-0.4, -0.2) is 60.5 Å². The van der Waals surface area contributed by atoms with Crippen LogP contribution in [0.4, 0.5) is 4.79 Å². The molecule has 0 aromatic heterocycles. The lowest BCUT2D eigenvalue weighted by Crippen LogP contribution is -2.40. The summed E-state index contributed by atoms with van der Waals surface area (Å²) in [5.74, 6) is -1.06. The summed E-state index contributed by atoms with van der Waals surface area (Å²) in [6.07, 6.45) is 1.46. The number of methoxy groups -OCH3 is 1. The van der Waals surface area contributed by atoms with Crippen LogP contribution in [0.15, 0.2) is 17.0 Å². The second-order valence-corrected chi connectivity index (χ2v) is 6.79. The summed E-state index contributed by atoms with van der Waals surface area (Å²) in [5.41, 5.74) is 0.483. The van der Waals surface area contributed by atoms with Crippen LogP contribution < -0.4 is 10.1 Å². The fourth-order valence-corrected chi connectivity index (χ4v) is 3.28. The van der Waals surface area contributed by atoms with Crippen molar-refractivity contribution in [1.82, 2.24) is 10.2 Å². The highest BCUT2D eigenvalue weighted by Crippen LogP contribution is 2.38. The summed E-state index contributed by atoms with van der Waals surface area (Å²) < 4.78 is 10.1. The number of thioether (sulfide) groups is 1. The van der Waals surface area contributed by atoms with Crippen molar-refractivity contribution in [3.63, 3.8) is 0 Å². The van der Waals surface area contributed by atoms with Crippen molar-refractivity contribution in [2.24, 2.45) is 0 Å². The highest BCUT2D eigenvalue weighted by atomic mass is 35.5. The number of aromatic hydroxyl groups is 1. The molecule has 27 heavy (non-hydrogen) atoms. The molecule has 3 amide bonds. The summed E-state index contributed by atoms with van der Waals surface area (Å²) >= 11 is 6.70. The molecule has 0 bridgehead atoms. The quantitative estimate of drug-likeness (QED) is 0.496. The van der Waals surface area contributed by atoms with E-state index in [1.165, 1.54) is 25.3 Å². The molecule has 10 heteroatoms. The molecule has 8 nitrogen and oxygen atoms in total. The van der Waals surface area contributed by atoms with Gasteiger partial charge in [0.15, 0.2) is 11.5 Å². The molecule has 2 rings (SSSR count). The van der Waals surface area contributed by atoms with E-state index in [0.717, 1.165) is 16.7 Å². The Hall–Kier alpha value is -2.23. The van der Waals surface area contributed by atoms with Crippen LogP contribution in [0, 0.1) is 0 Å². The Bertz CT molecular complexity index is 783. The third kappa shape index (κ3) is 5.38. The van der Waals surface area contributed by atoms with E-state index in [9.17, 15) is 19.5 Å². The van der Waals surface area contributed by atoms with Gasteiger partial charge in [0.25, 0.3) is 11.1 Å². The monoisotopic (exact) mass is 414 g/mol. The molecule has 1 aliphatic rings. The summed E-state index contributed by atoms with van der Waals surface area (Å²) in [7, 11) is 1.50. The number of hydrogen-bond donors (Lipinski definition) is 2. The van der Waals surface area contributed by atoms with E-state index in [1.54, 1.807) is 6.92 Å². The van der Waals surface area contributed by atoms with Gasteiger partial charge in [0.05, 0.1) is 23.1 Å². The first-order chi connectivity index (χ1) is 12.9. The Labute approximate surface area is 165 Å². The number of carbonyl (C=O) groups excluding carboxylic acids is 3. The Morgan fingerprint density at radius 3 is 2.81 bits per heavy atom. The normalized spacial score (nSPS) is 15.5. The van der Waals surface area contributed by atoms with Gasteiger partial charge < -0.3 is 19.9 Å². The Morgan fingerprint density at radius 2 is 2.15 bits per heavy atom. The number of phenolic OH excluding ortho intramolecular Hbond substituents is 1. The molecule has 0 unspecified atom stereocenters. The number of benzene rings is 1. The molecule has 0 aliphatic carbocycles.